The van der Waals surface area contributed by atoms with Crippen LogP contribution in [0.3, 0.4) is 0 Å². The number of para-hydroxylation sites is 1. The van der Waals surface area contributed by atoms with Crippen LogP contribution >= 0.6 is 0 Å². The van der Waals surface area contributed by atoms with Crippen molar-refractivity contribution in [2.75, 3.05) is 50.4 Å². The van der Waals surface area contributed by atoms with Crippen molar-refractivity contribution >= 4 is 15.7 Å². The SMILES string of the molecule is CS(=O)(=O)N1C[C@@H](O)[C@H](N2CCN(c3ccccc3)CC2)C1. The summed E-state index contributed by atoms with van der Waals surface area (Å²) >= 11 is 0. The lowest BCUT2D eigenvalue weighted by atomic mass is 10.1. The van der Waals surface area contributed by atoms with Gasteiger partial charge in [0.25, 0.3) is 0 Å². The lowest BCUT2D eigenvalue weighted by molar-refractivity contribution is 0.0792. The van der Waals surface area contributed by atoms with E-state index in [1.807, 2.05) is 18.2 Å². The number of hydrogen-bond donors (Lipinski definition) is 1. The number of anilines is 1. The number of piperazine rings is 1. The second-order valence-electron chi connectivity index (χ2n) is 6.07. The van der Waals surface area contributed by atoms with Crippen molar-refractivity contribution in [3.63, 3.8) is 0 Å². The van der Waals surface area contributed by atoms with Gasteiger partial charge in [0.2, 0.25) is 10.0 Å². The van der Waals surface area contributed by atoms with Gasteiger partial charge in [-0.2, -0.15) is 4.31 Å². The summed E-state index contributed by atoms with van der Waals surface area (Å²) in [5.41, 5.74) is 1.21. The minimum atomic E-state index is -3.22. The molecular weight excluding hydrogens is 302 g/mol. The summed E-state index contributed by atoms with van der Waals surface area (Å²) in [6.07, 6.45) is 0.605. The molecule has 2 atom stereocenters. The van der Waals surface area contributed by atoms with Crippen LogP contribution < -0.4 is 4.90 Å². The molecule has 0 saturated carbocycles. The average molecular weight is 325 g/mol. The average Bonchev–Trinajstić information content (AvgIpc) is 2.90. The van der Waals surface area contributed by atoms with Gasteiger partial charge in [0.15, 0.2) is 0 Å². The van der Waals surface area contributed by atoms with E-state index < -0.39 is 16.1 Å². The van der Waals surface area contributed by atoms with Crippen LogP contribution in [0.15, 0.2) is 30.3 Å². The summed E-state index contributed by atoms with van der Waals surface area (Å²) in [6, 6.07) is 10.2. The Labute approximate surface area is 132 Å². The third-order valence-corrected chi connectivity index (χ3v) is 5.84. The monoisotopic (exact) mass is 325 g/mol. The number of benzene rings is 1. The van der Waals surface area contributed by atoms with Gasteiger partial charge in [-0.1, -0.05) is 18.2 Å². The van der Waals surface area contributed by atoms with Crippen molar-refractivity contribution in [1.29, 1.82) is 0 Å². The first-order valence-corrected chi connectivity index (χ1v) is 9.47. The van der Waals surface area contributed by atoms with Crippen LogP contribution in [-0.4, -0.2) is 80.4 Å². The molecule has 2 aliphatic rings. The Morgan fingerprint density at radius 3 is 2.23 bits per heavy atom. The number of rotatable bonds is 3. The van der Waals surface area contributed by atoms with Gasteiger partial charge in [-0.05, 0) is 12.1 Å². The van der Waals surface area contributed by atoms with E-state index in [1.54, 1.807) is 0 Å². The number of nitrogens with zero attached hydrogens (tertiary/aromatic N) is 3. The molecule has 0 spiro atoms. The summed E-state index contributed by atoms with van der Waals surface area (Å²) in [5.74, 6) is 0. The topological polar surface area (TPSA) is 64.1 Å². The van der Waals surface area contributed by atoms with E-state index in [2.05, 4.69) is 21.9 Å². The van der Waals surface area contributed by atoms with Gasteiger partial charge in [0.1, 0.15) is 0 Å². The Hall–Kier alpha value is -1.15. The highest BCUT2D eigenvalue weighted by Crippen LogP contribution is 2.22. The van der Waals surface area contributed by atoms with E-state index in [4.69, 9.17) is 0 Å². The molecule has 1 aromatic rings. The molecule has 0 bridgehead atoms. The second kappa shape index (κ2) is 6.16. The van der Waals surface area contributed by atoms with Crippen LogP contribution in [-0.2, 0) is 10.0 Å². The molecule has 2 saturated heterocycles. The van der Waals surface area contributed by atoms with Gasteiger partial charge in [-0.15, -0.1) is 0 Å². The molecule has 22 heavy (non-hydrogen) atoms. The summed E-state index contributed by atoms with van der Waals surface area (Å²) < 4.78 is 24.6. The fourth-order valence-electron chi connectivity index (χ4n) is 3.32. The van der Waals surface area contributed by atoms with E-state index in [0.29, 0.717) is 6.54 Å². The van der Waals surface area contributed by atoms with E-state index in [-0.39, 0.29) is 12.6 Å². The zero-order valence-corrected chi connectivity index (χ0v) is 13.6. The molecule has 6 nitrogen and oxygen atoms in total. The Morgan fingerprint density at radius 1 is 1.05 bits per heavy atom. The number of aliphatic hydroxyl groups excluding tert-OH is 1. The van der Waals surface area contributed by atoms with Crippen molar-refractivity contribution in [3.8, 4) is 0 Å². The summed E-state index contributed by atoms with van der Waals surface area (Å²) in [4.78, 5) is 4.54. The van der Waals surface area contributed by atoms with E-state index >= 15 is 0 Å². The lowest BCUT2D eigenvalue weighted by Gasteiger charge is -2.39. The molecule has 1 N–H and O–H groups in total. The second-order valence-corrected chi connectivity index (χ2v) is 8.06. The van der Waals surface area contributed by atoms with Crippen molar-refractivity contribution in [2.24, 2.45) is 0 Å². The Balaban J connectivity index is 1.60. The first-order valence-electron chi connectivity index (χ1n) is 7.62. The molecule has 7 heteroatoms. The zero-order chi connectivity index (χ0) is 15.7. The highest BCUT2D eigenvalue weighted by molar-refractivity contribution is 7.88. The highest BCUT2D eigenvalue weighted by atomic mass is 32.2. The third kappa shape index (κ3) is 3.27. The molecule has 3 rings (SSSR count). The fourth-order valence-corrected chi connectivity index (χ4v) is 4.16. The quantitative estimate of drug-likeness (QED) is 0.835. The van der Waals surface area contributed by atoms with Gasteiger partial charge in [-0.25, -0.2) is 8.42 Å². The van der Waals surface area contributed by atoms with Gasteiger partial charge >= 0.3 is 0 Å². The van der Waals surface area contributed by atoms with Gasteiger partial charge in [0.05, 0.1) is 18.4 Å². The van der Waals surface area contributed by atoms with Gasteiger partial charge < -0.3 is 10.0 Å². The standard InChI is InChI=1S/C15H23N3O3S/c1-22(20,21)18-11-14(15(19)12-18)17-9-7-16(8-10-17)13-5-3-2-4-6-13/h2-6,14-15,19H,7-12H2,1H3/t14-,15-/m1/s1. The lowest BCUT2D eigenvalue weighted by Crippen LogP contribution is -2.53. The molecule has 1 aromatic carbocycles. The molecule has 2 heterocycles. The fraction of sp³-hybridized carbons (Fsp3) is 0.600. The summed E-state index contributed by atoms with van der Waals surface area (Å²) in [6.45, 7) is 4.08. The number of β-amino-alcohol motifs (C(OH)–C–C–N with tert-alkyl or cyclic N) is 1. The van der Waals surface area contributed by atoms with E-state index in [0.717, 1.165) is 26.2 Å². The third-order valence-electron chi connectivity index (χ3n) is 4.60. The van der Waals surface area contributed by atoms with E-state index in [1.165, 1.54) is 16.2 Å². The molecular formula is C15H23N3O3S. The predicted octanol–water partition coefficient (Wildman–Crippen LogP) is -0.187. The maximum atomic E-state index is 11.6. The molecule has 2 fully saturated rings. The number of aliphatic hydroxyl groups is 1. The highest BCUT2D eigenvalue weighted by Gasteiger charge is 2.39. The van der Waals surface area contributed by atoms with Crippen LogP contribution in [0.2, 0.25) is 0 Å². The normalized spacial score (nSPS) is 28.2. The van der Waals surface area contributed by atoms with Crippen LogP contribution in [0.1, 0.15) is 0 Å². The molecule has 2 aliphatic heterocycles. The van der Waals surface area contributed by atoms with Crippen molar-refractivity contribution in [2.45, 2.75) is 12.1 Å². The maximum absolute atomic E-state index is 11.6. The van der Waals surface area contributed by atoms with Gasteiger partial charge in [-0.3, -0.25) is 4.90 Å². The van der Waals surface area contributed by atoms with Crippen molar-refractivity contribution < 1.29 is 13.5 Å². The maximum Gasteiger partial charge on any atom is 0.211 e. The smallest absolute Gasteiger partial charge is 0.211 e. The van der Waals surface area contributed by atoms with Crippen molar-refractivity contribution in [3.05, 3.63) is 30.3 Å². The Bertz CT molecular complexity index is 600. The molecule has 0 unspecified atom stereocenters. The number of sulfonamides is 1. The minimum Gasteiger partial charge on any atom is -0.390 e. The summed E-state index contributed by atoms with van der Waals surface area (Å²) in [5, 5.41) is 10.2. The van der Waals surface area contributed by atoms with Crippen LogP contribution in [0.4, 0.5) is 5.69 Å². The molecule has 122 valence electrons. The molecule has 0 radical (unpaired) electrons. The summed E-state index contributed by atoms with van der Waals surface area (Å²) in [7, 11) is -3.22. The Morgan fingerprint density at radius 2 is 1.68 bits per heavy atom. The van der Waals surface area contributed by atoms with Crippen LogP contribution in [0.25, 0.3) is 0 Å². The van der Waals surface area contributed by atoms with Crippen LogP contribution in [0, 0.1) is 0 Å². The largest absolute Gasteiger partial charge is 0.390 e. The van der Waals surface area contributed by atoms with Crippen molar-refractivity contribution in [1.82, 2.24) is 9.21 Å². The minimum absolute atomic E-state index is 0.0901. The van der Waals surface area contributed by atoms with E-state index in [9.17, 15) is 13.5 Å². The first kappa shape index (κ1) is 15.7. The molecule has 0 aromatic heterocycles. The first-order chi connectivity index (χ1) is 10.4. The zero-order valence-electron chi connectivity index (χ0n) is 12.8. The van der Waals surface area contributed by atoms with Gasteiger partial charge in [0, 0.05) is 45.0 Å². The number of hydrogen-bond acceptors (Lipinski definition) is 5. The molecule has 0 amide bonds. The molecule has 0 aliphatic carbocycles. The Kier molecular flexibility index (Phi) is 4.40. The van der Waals surface area contributed by atoms with Crippen LogP contribution in [0.5, 0.6) is 0 Å². The predicted molar refractivity (Wildman–Crippen MR) is 86.4 cm³/mol.